The van der Waals surface area contributed by atoms with Crippen molar-refractivity contribution in [2.24, 2.45) is 5.10 Å². The molecule has 0 radical (unpaired) electrons. The highest BCUT2D eigenvalue weighted by atomic mass is 79.9. The highest BCUT2D eigenvalue weighted by molar-refractivity contribution is 9.10. The molecule has 1 aromatic heterocycles. The molecule has 0 bridgehead atoms. The van der Waals surface area contributed by atoms with E-state index in [1.165, 1.54) is 5.56 Å². The summed E-state index contributed by atoms with van der Waals surface area (Å²) in [4.78, 5) is 12.0. The van der Waals surface area contributed by atoms with Crippen molar-refractivity contribution in [2.45, 2.75) is 19.6 Å². The Bertz CT molecular complexity index is 983. The van der Waals surface area contributed by atoms with E-state index in [1.807, 2.05) is 36.4 Å². The second-order valence-corrected chi connectivity index (χ2v) is 8.21. The number of hydrogen-bond donors (Lipinski definition) is 1. The number of carbonyl (C=O) groups is 1. The number of nitrogens with one attached hydrogen (secondary N) is 1. The molecule has 1 amide bonds. The van der Waals surface area contributed by atoms with Gasteiger partial charge in [0.1, 0.15) is 0 Å². The number of para-hydroxylation sites is 1. The maximum absolute atomic E-state index is 12.0. The summed E-state index contributed by atoms with van der Waals surface area (Å²) in [5.41, 5.74) is 8.11. The van der Waals surface area contributed by atoms with E-state index < -0.39 is 0 Å². The van der Waals surface area contributed by atoms with Gasteiger partial charge >= 0.3 is 0 Å². The Labute approximate surface area is 178 Å². The first-order chi connectivity index (χ1) is 13.6. The van der Waals surface area contributed by atoms with Gasteiger partial charge in [-0.1, -0.05) is 52.3 Å². The number of aryl methyl sites for hydroxylation is 1. The number of amides is 1. The minimum Gasteiger partial charge on any atom is -0.318 e. The minimum absolute atomic E-state index is 0.106. The highest BCUT2D eigenvalue weighted by Crippen LogP contribution is 2.21. The zero-order valence-electron chi connectivity index (χ0n) is 15.9. The van der Waals surface area contributed by atoms with E-state index in [0.717, 1.165) is 32.9 Å². The summed E-state index contributed by atoms with van der Waals surface area (Å²) in [6.45, 7) is 4.12. The van der Waals surface area contributed by atoms with Gasteiger partial charge in [0.25, 0.3) is 0 Å². The summed E-state index contributed by atoms with van der Waals surface area (Å²) < 4.78 is 3.24. The number of benzene rings is 2. The first kappa shape index (κ1) is 20.4. The van der Waals surface area contributed by atoms with E-state index in [4.69, 9.17) is 0 Å². The van der Waals surface area contributed by atoms with Crippen LogP contribution in [0.1, 0.15) is 22.5 Å². The van der Waals surface area contributed by atoms with Gasteiger partial charge in [0.05, 0.1) is 12.0 Å². The Hall–Kier alpha value is -2.31. The first-order valence-electron chi connectivity index (χ1n) is 8.93. The van der Waals surface area contributed by atoms with E-state index in [1.54, 1.807) is 18.0 Å². The van der Waals surface area contributed by atoms with Crippen LogP contribution in [0.2, 0.25) is 0 Å². The van der Waals surface area contributed by atoms with Gasteiger partial charge in [-0.25, -0.2) is 5.43 Å². The Morgan fingerprint density at radius 2 is 1.86 bits per heavy atom. The van der Waals surface area contributed by atoms with Crippen LogP contribution in [-0.2, 0) is 10.5 Å². The molecule has 144 valence electrons. The molecule has 1 heterocycles. The van der Waals surface area contributed by atoms with Gasteiger partial charge in [0, 0.05) is 32.9 Å². The zero-order valence-corrected chi connectivity index (χ0v) is 18.3. The lowest BCUT2D eigenvalue weighted by Crippen LogP contribution is -2.19. The van der Waals surface area contributed by atoms with E-state index in [0.29, 0.717) is 5.75 Å². The third-order valence-corrected chi connectivity index (χ3v) is 6.08. The van der Waals surface area contributed by atoms with Gasteiger partial charge in [-0.2, -0.15) is 5.10 Å². The molecule has 3 rings (SSSR count). The van der Waals surface area contributed by atoms with Crippen molar-refractivity contribution < 1.29 is 4.79 Å². The summed E-state index contributed by atoms with van der Waals surface area (Å²) in [6.07, 6.45) is 1.71. The van der Waals surface area contributed by atoms with Gasteiger partial charge in [0.15, 0.2) is 0 Å². The Morgan fingerprint density at radius 3 is 2.61 bits per heavy atom. The molecule has 0 saturated carbocycles. The number of halogens is 1. The van der Waals surface area contributed by atoms with Crippen molar-refractivity contribution in [3.8, 4) is 5.69 Å². The second-order valence-electron chi connectivity index (χ2n) is 6.37. The first-order valence-corrected chi connectivity index (χ1v) is 10.9. The normalized spacial score (nSPS) is 11.1. The molecule has 0 aliphatic carbocycles. The van der Waals surface area contributed by atoms with Gasteiger partial charge in [-0.05, 0) is 43.7 Å². The predicted octanol–water partition coefficient (Wildman–Crippen LogP) is 5.24. The Balaban J connectivity index is 1.55. The van der Waals surface area contributed by atoms with E-state index in [-0.39, 0.29) is 5.91 Å². The van der Waals surface area contributed by atoms with E-state index in [9.17, 15) is 4.79 Å². The average Bonchev–Trinajstić information content (AvgIpc) is 2.97. The molecule has 28 heavy (non-hydrogen) atoms. The summed E-state index contributed by atoms with van der Waals surface area (Å²) in [6, 6.07) is 20.3. The van der Waals surface area contributed by atoms with Crippen LogP contribution in [0.3, 0.4) is 0 Å². The van der Waals surface area contributed by atoms with Crippen molar-refractivity contribution in [1.82, 2.24) is 9.99 Å². The van der Waals surface area contributed by atoms with Crippen molar-refractivity contribution in [3.05, 3.63) is 87.7 Å². The fourth-order valence-electron chi connectivity index (χ4n) is 2.97. The summed E-state index contributed by atoms with van der Waals surface area (Å²) in [5, 5.41) is 4.13. The predicted molar refractivity (Wildman–Crippen MR) is 121 cm³/mol. The molecule has 0 aliphatic rings. The van der Waals surface area contributed by atoms with Crippen LogP contribution in [0.15, 0.2) is 70.2 Å². The number of carbonyl (C=O) groups excluding carboxylic acids is 1. The fraction of sp³-hybridized carbons (Fsp3) is 0.182. The van der Waals surface area contributed by atoms with E-state index >= 15 is 0 Å². The summed E-state index contributed by atoms with van der Waals surface area (Å²) >= 11 is 5.09. The third kappa shape index (κ3) is 5.14. The smallest absolute Gasteiger partial charge is 0.250 e. The topological polar surface area (TPSA) is 46.4 Å². The molecular formula is C22H22BrN3OS. The molecule has 0 spiro atoms. The molecular weight excluding hydrogens is 434 g/mol. The molecule has 0 aliphatic heterocycles. The van der Waals surface area contributed by atoms with Gasteiger partial charge in [-0.15, -0.1) is 11.8 Å². The summed E-state index contributed by atoms with van der Waals surface area (Å²) in [5.74, 6) is 1.03. The van der Waals surface area contributed by atoms with Crippen molar-refractivity contribution in [1.29, 1.82) is 0 Å². The van der Waals surface area contributed by atoms with Crippen molar-refractivity contribution in [3.63, 3.8) is 0 Å². The number of rotatable bonds is 7. The molecule has 1 N–H and O–H groups in total. The molecule has 0 saturated heterocycles. The number of hydrogen-bond acceptors (Lipinski definition) is 3. The maximum Gasteiger partial charge on any atom is 0.250 e. The lowest BCUT2D eigenvalue weighted by Gasteiger charge is -2.08. The van der Waals surface area contributed by atoms with Crippen LogP contribution in [0, 0.1) is 13.8 Å². The van der Waals surface area contributed by atoms with Crippen LogP contribution in [0.5, 0.6) is 0 Å². The number of nitrogens with zero attached hydrogens (tertiary/aromatic N) is 2. The second kappa shape index (κ2) is 9.75. The molecule has 4 nitrogen and oxygen atoms in total. The Kier molecular flexibility index (Phi) is 7.12. The minimum atomic E-state index is -0.106. The monoisotopic (exact) mass is 455 g/mol. The quantitative estimate of drug-likeness (QED) is 0.391. The molecule has 3 aromatic rings. The standard InChI is InChI=1S/C22H22BrN3OS/c1-16-12-19(17(2)26(16)20-9-4-3-5-10-20)13-24-25-22(27)15-28-14-18-8-6-7-11-21(18)23/h3-13H,14-15H2,1-2H3,(H,25,27)/b24-13+. The van der Waals surface area contributed by atoms with Crippen molar-refractivity contribution in [2.75, 3.05) is 5.75 Å². The molecule has 0 unspecified atom stereocenters. The fourth-order valence-corrected chi connectivity index (χ4v) is 4.40. The highest BCUT2D eigenvalue weighted by Gasteiger charge is 2.09. The molecule has 6 heteroatoms. The van der Waals surface area contributed by atoms with Crippen LogP contribution < -0.4 is 5.43 Å². The lowest BCUT2D eigenvalue weighted by molar-refractivity contribution is -0.118. The lowest BCUT2D eigenvalue weighted by atomic mass is 10.2. The molecule has 2 aromatic carbocycles. The molecule has 0 fully saturated rings. The largest absolute Gasteiger partial charge is 0.318 e. The van der Waals surface area contributed by atoms with Gasteiger partial charge in [-0.3, -0.25) is 4.79 Å². The molecule has 0 atom stereocenters. The SMILES string of the molecule is Cc1cc(/C=N/NC(=O)CSCc2ccccc2Br)c(C)n1-c1ccccc1. The van der Waals surface area contributed by atoms with Crippen LogP contribution in [0.4, 0.5) is 0 Å². The van der Waals surface area contributed by atoms with Crippen molar-refractivity contribution >= 4 is 39.8 Å². The zero-order chi connectivity index (χ0) is 19.9. The van der Waals surface area contributed by atoms with Crippen LogP contribution in [-0.4, -0.2) is 22.4 Å². The van der Waals surface area contributed by atoms with Gasteiger partial charge in [0.2, 0.25) is 5.91 Å². The number of thioether (sulfide) groups is 1. The van der Waals surface area contributed by atoms with Crippen LogP contribution >= 0.6 is 27.7 Å². The summed E-state index contributed by atoms with van der Waals surface area (Å²) in [7, 11) is 0. The van der Waals surface area contributed by atoms with E-state index in [2.05, 4.69) is 69.1 Å². The Morgan fingerprint density at radius 1 is 1.14 bits per heavy atom. The third-order valence-electron chi connectivity index (χ3n) is 4.33. The van der Waals surface area contributed by atoms with Crippen LogP contribution in [0.25, 0.3) is 5.69 Å². The average molecular weight is 456 g/mol. The van der Waals surface area contributed by atoms with Gasteiger partial charge < -0.3 is 4.57 Å². The number of aromatic nitrogens is 1. The number of hydrazone groups is 1. The maximum atomic E-state index is 12.0.